The average molecular weight is 433 g/mol. The van der Waals surface area contributed by atoms with Crippen LogP contribution < -0.4 is 14.8 Å². The molecule has 0 saturated carbocycles. The predicted molar refractivity (Wildman–Crippen MR) is 117 cm³/mol. The molecule has 1 amide bonds. The minimum atomic E-state index is 0. The molecule has 7 heteroatoms. The van der Waals surface area contributed by atoms with Crippen molar-refractivity contribution in [2.75, 3.05) is 33.4 Å². The third-order valence-electron chi connectivity index (χ3n) is 4.89. The van der Waals surface area contributed by atoms with Gasteiger partial charge in [0.1, 0.15) is 0 Å². The number of nitrogens with one attached hydrogen (secondary N) is 1. The fourth-order valence-corrected chi connectivity index (χ4v) is 3.62. The summed E-state index contributed by atoms with van der Waals surface area (Å²) < 4.78 is 11.3. The highest BCUT2D eigenvalue weighted by molar-refractivity contribution is 6.32. The van der Waals surface area contributed by atoms with Crippen molar-refractivity contribution < 1.29 is 14.3 Å². The van der Waals surface area contributed by atoms with E-state index >= 15 is 0 Å². The van der Waals surface area contributed by atoms with Crippen LogP contribution in [0.1, 0.15) is 56.8 Å². The van der Waals surface area contributed by atoms with Crippen molar-refractivity contribution in [3.63, 3.8) is 0 Å². The van der Waals surface area contributed by atoms with Crippen LogP contribution in [-0.4, -0.2) is 50.2 Å². The summed E-state index contributed by atoms with van der Waals surface area (Å²) in [6.45, 7) is 9.60. The molecule has 1 aromatic rings. The average Bonchev–Trinajstić information content (AvgIpc) is 2.67. The van der Waals surface area contributed by atoms with Gasteiger partial charge in [0.05, 0.1) is 18.7 Å². The van der Waals surface area contributed by atoms with Gasteiger partial charge >= 0.3 is 0 Å². The highest BCUT2D eigenvalue weighted by Gasteiger charge is 2.27. The molecule has 0 radical (unpaired) electrons. The number of halogens is 2. The SMILES string of the molecule is CCCN(C(=O)c1cc(Cl)c(OCCC(C)C)c(OC)c1)C1CCNCC1.Cl. The van der Waals surface area contributed by atoms with Gasteiger partial charge in [-0.3, -0.25) is 4.79 Å². The van der Waals surface area contributed by atoms with Gasteiger partial charge in [-0.1, -0.05) is 32.4 Å². The summed E-state index contributed by atoms with van der Waals surface area (Å²) in [5, 5.41) is 3.78. The molecule has 0 unspecified atom stereocenters. The number of piperidine rings is 1. The first-order valence-electron chi connectivity index (χ1n) is 9.99. The van der Waals surface area contributed by atoms with Gasteiger partial charge in [-0.05, 0) is 56.8 Å². The lowest BCUT2D eigenvalue weighted by atomic mass is 10.0. The van der Waals surface area contributed by atoms with Gasteiger partial charge in [0.15, 0.2) is 11.5 Å². The van der Waals surface area contributed by atoms with E-state index in [1.165, 1.54) is 0 Å². The maximum absolute atomic E-state index is 13.2. The number of hydrogen-bond donors (Lipinski definition) is 1. The van der Waals surface area contributed by atoms with E-state index in [1.807, 2.05) is 4.90 Å². The predicted octanol–water partition coefficient (Wildman–Crippen LogP) is 4.80. The molecule has 1 aliphatic rings. The molecule has 0 spiro atoms. The number of carbonyl (C=O) groups is 1. The van der Waals surface area contributed by atoms with E-state index in [1.54, 1.807) is 19.2 Å². The van der Waals surface area contributed by atoms with Gasteiger partial charge in [0.2, 0.25) is 0 Å². The summed E-state index contributed by atoms with van der Waals surface area (Å²) in [6.07, 6.45) is 3.82. The van der Waals surface area contributed by atoms with E-state index in [9.17, 15) is 4.79 Å². The van der Waals surface area contributed by atoms with Crippen LogP contribution in [0.4, 0.5) is 0 Å². The van der Waals surface area contributed by atoms with Crippen molar-refractivity contribution >= 4 is 29.9 Å². The van der Waals surface area contributed by atoms with Crippen molar-refractivity contribution in [2.45, 2.75) is 52.5 Å². The van der Waals surface area contributed by atoms with Crippen molar-refractivity contribution in [1.82, 2.24) is 10.2 Å². The Morgan fingerprint density at radius 3 is 2.57 bits per heavy atom. The lowest BCUT2D eigenvalue weighted by molar-refractivity contribution is 0.0642. The van der Waals surface area contributed by atoms with Crippen LogP contribution in [0.2, 0.25) is 5.02 Å². The van der Waals surface area contributed by atoms with Gasteiger partial charge in [0.25, 0.3) is 5.91 Å². The molecule has 5 nitrogen and oxygen atoms in total. The number of rotatable bonds is 9. The van der Waals surface area contributed by atoms with Crippen LogP contribution in [0.25, 0.3) is 0 Å². The van der Waals surface area contributed by atoms with E-state index in [0.29, 0.717) is 34.6 Å². The summed E-state index contributed by atoms with van der Waals surface area (Å²) in [7, 11) is 1.58. The Kier molecular flexibility index (Phi) is 11.0. The maximum Gasteiger partial charge on any atom is 0.254 e. The lowest BCUT2D eigenvalue weighted by Crippen LogP contribution is -2.46. The minimum absolute atomic E-state index is 0. The van der Waals surface area contributed by atoms with Gasteiger partial charge in [-0.15, -0.1) is 12.4 Å². The first kappa shape index (κ1) is 24.9. The van der Waals surface area contributed by atoms with Crippen LogP contribution >= 0.6 is 24.0 Å². The number of amides is 1. The summed E-state index contributed by atoms with van der Waals surface area (Å²) >= 11 is 6.45. The monoisotopic (exact) mass is 432 g/mol. The van der Waals surface area contributed by atoms with Gasteiger partial charge in [-0.25, -0.2) is 0 Å². The number of carbonyl (C=O) groups excluding carboxylic acids is 1. The molecule has 1 saturated heterocycles. The molecule has 0 atom stereocenters. The molecular formula is C21H34Cl2N2O3. The normalized spacial score (nSPS) is 14.5. The molecule has 0 aliphatic carbocycles. The van der Waals surface area contributed by atoms with Crippen LogP contribution in [0.15, 0.2) is 12.1 Å². The summed E-state index contributed by atoms with van der Waals surface area (Å²) in [5.41, 5.74) is 0.556. The molecule has 28 heavy (non-hydrogen) atoms. The smallest absolute Gasteiger partial charge is 0.254 e. The molecular weight excluding hydrogens is 399 g/mol. The van der Waals surface area contributed by atoms with E-state index in [-0.39, 0.29) is 24.4 Å². The second-order valence-electron chi connectivity index (χ2n) is 7.50. The third-order valence-corrected chi connectivity index (χ3v) is 5.17. The lowest BCUT2D eigenvalue weighted by Gasteiger charge is -2.34. The summed E-state index contributed by atoms with van der Waals surface area (Å²) in [6, 6.07) is 3.73. The molecule has 2 rings (SSSR count). The van der Waals surface area contributed by atoms with Gasteiger partial charge < -0.3 is 19.7 Å². The molecule has 1 N–H and O–H groups in total. The number of hydrogen-bond acceptors (Lipinski definition) is 4. The zero-order valence-corrected chi connectivity index (χ0v) is 19.0. The summed E-state index contributed by atoms with van der Waals surface area (Å²) in [5.74, 6) is 1.58. The van der Waals surface area contributed by atoms with E-state index in [0.717, 1.165) is 45.3 Å². The largest absolute Gasteiger partial charge is 0.493 e. The van der Waals surface area contributed by atoms with Crippen LogP contribution in [0.5, 0.6) is 11.5 Å². The molecule has 1 aromatic carbocycles. The Bertz CT molecular complexity index is 620. The number of benzene rings is 1. The third kappa shape index (κ3) is 6.71. The molecule has 0 aromatic heterocycles. The Morgan fingerprint density at radius 2 is 2.00 bits per heavy atom. The fraction of sp³-hybridized carbons (Fsp3) is 0.667. The maximum atomic E-state index is 13.2. The molecule has 1 fully saturated rings. The molecule has 1 aliphatic heterocycles. The zero-order chi connectivity index (χ0) is 19.8. The van der Waals surface area contributed by atoms with E-state index < -0.39 is 0 Å². The number of methoxy groups -OCH3 is 1. The van der Waals surface area contributed by atoms with Gasteiger partial charge in [0, 0.05) is 18.2 Å². The topological polar surface area (TPSA) is 50.8 Å². The zero-order valence-electron chi connectivity index (χ0n) is 17.4. The second-order valence-corrected chi connectivity index (χ2v) is 7.91. The fourth-order valence-electron chi connectivity index (χ4n) is 3.36. The van der Waals surface area contributed by atoms with Crippen LogP contribution in [0.3, 0.4) is 0 Å². The highest BCUT2D eigenvalue weighted by Crippen LogP contribution is 2.37. The first-order valence-corrected chi connectivity index (χ1v) is 10.4. The van der Waals surface area contributed by atoms with Crippen molar-refractivity contribution in [2.24, 2.45) is 5.92 Å². The first-order chi connectivity index (χ1) is 13.0. The Morgan fingerprint density at radius 1 is 1.32 bits per heavy atom. The minimum Gasteiger partial charge on any atom is -0.493 e. The highest BCUT2D eigenvalue weighted by atomic mass is 35.5. The number of nitrogens with zero attached hydrogens (tertiary/aromatic N) is 1. The molecule has 160 valence electrons. The van der Waals surface area contributed by atoms with Crippen molar-refractivity contribution in [1.29, 1.82) is 0 Å². The Labute approximate surface area is 180 Å². The van der Waals surface area contributed by atoms with Crippen molar-refractivity contribution in [3.8, 4) is 11.5 Å². The van der Waals surface area contributed by atoms with Crippen LogP contribution in [0, 0.1) is 5.92 Å². The Balaban J connectivity index is 0.00000392. The summed E-state index contributed by atoms with van der Waals surface area (Å²) in [4.78, 5) is 15.2. The van der Waals surface area contributed by atoms with E-state index in [4.69, 9.17) is 21.1 Å². The standard InChI is InChI=1S/C21H33ClN2O3.ClH/c1-5-11-24(17-6-9-23-10-7-17)21(25)16-13-18(22)20(19(14-16)26-4)27-12-8-15(2)3;/h13-15,17,23H,5-12H2,1-4H3;1H. The second kappa shape index (κ2) is 12.4. The Hall–Kier alpha value is -1.17. The van der Waals surface area contributed by atoms with Crippen LogP contribution in [-0.2, 0) is 0 Å². The molecule has 0 bridgehead atoms. The number of ether oxygens (including phenoxy) is 2. The van der Waals surface area contributed by atoms with E-state index in [2.05, 4.69) is 26.1 Å². The van der Waals surface area contributed by atoms with Gasteiger partial charge in [-0.2, -0.15) is 0 Å². The molecule has 1 heterocycles. The van der Waals surface area contributed by atoms with Crippen molar-refractivity contribution in [3.05, 3.63) is 22.7 Å². The quantitative estimate of drug-likeness (QED) is 0.608.